The van der Waals surface area contributed by atoms with E-state index >= 15 is 0 Å². The van der Waals surface area contributed by atoms with Gasteiger partial charge in [0, 0.05) is 19.3 Å². The minimum atomic E-state index is -2.10. The number of Topliss-reactive ketones (excluding diaryl/α,β-unsaturated/α-hetero) is 1. The average Bonchev–Trinajstić information content (AvgIpc) is 2.08. The lowest BCUT2D eigenvalue weighted by Gasteiger charge is -2.32. The Kier molecular flexibility index (Phi) is 2.68. The third kappa shape index (κ3) is 2.05. The molecule has 0 radical (unpaired) electrons. The summed E-state index contributed by atoms with van der Waals surface area (Å²) in [5.41, 5.74) is 0. The van der Waals surface area contributed by atoms with Gasteiger partial charge < -0.3 is 14.9 Å². The molecule has 1 aliphatic carbocycles. The third-order valence-electron chi connectivity index (χ3n) is 2.25. The molecule has 13 heavy (non-hydrogen) atoms. The van der Waals surface area contributed by atoms with Crippen molar-refractivity contribution >= 4 is 11.8 Å². The van der Waals surface area contributed by atoms with Crippen molar-refractivity contribution in [1.29, 1.82) is 0 Å². The van der Waals surface area contributed by atoms with Crippen molar-refractivity contribution < 1.29 is 24.5 Å². The van der Waals surface area contributed by atoms with Crippen LogP contribution in [0.1, 0.15) is 19.3 Å². The van der Waals surface area contributed by atoms with Gasteiger partial charge in [-0.2, -0.15) is 0 Å². The van der Waals surface area contributed by atoms with Gasteiger partial charge in [-0.25, -0.2) is 0 Å². The third-order valence-corrected chi connectivity index (χ3v) is 2.25. The van der Waals surface area contributed by atoms with Gasteiger partial charge in [-0.05, 0) is 0 Å². The Hall–Kier alpha value is -0.940. The number of ketones is 1. The van der Waals surface area contributed by atoms with E-state index in [1.54, 1.807) is 0 Å². The van der Waals surface area contributed by atoms with Gasteiger partial charge in [0.2, 0.25) is 0 Å². The maximum absolute atomic E-state index is 11.0. The first kappa shape index (κ1) is 10.1. The van der Waals surface area contributed by atoms with Gasteiger partial charge in [0.25, 0.3) is 0 Å². The van der Waals surface area contributed by atoms with Crippen molar-refractivity contribution in [1.82, 2.24) is 0 Å². The Morgan fingerprint density at radius 1 is 1.62 bits per heavy atom. The van der Waals surface area contributed by atoms with Crippen LogP contribution in [0.25, 0.3) is 0 Å². The van der Waals surface area contributed by atoms with Crippen molar-refractivity contribution in [2.24, 2.45) is 5.92 Å². The van der Waals surface area contributed by atoms with Crippen LogP contribution in [0.5, 0.6) is 0 Å². The van der Waals surface area contributed by atoms with E-state index in [-0.39, 0.29) is 25.0 Å². The summed E-state index contributed by atoms with van der Waals surface area (Å²) in [5.74, 6) is -4.13. The Bertz CT molecular complexity index is 233. The molecule has 0 aromatic carbocycles. The van der Waals surface area contributed by atoms with Crippen LogP contribution in [-0.4, -0.2) is 34.9 Å². The minimum Gasteiger partial charge on any atom is -0.469 e. The monoisotopic (exact) mass is 188 g/mol. The number of carbonyl (C=O) groups is 2. The summed E-state index contributed by atoms with van der Waals surface area (Å²) in [5, 5.41) is 18.7. The first-order valence-electron chi connectivity index (χ1n) is 4.01. The molecule has 0 saturated heterocycles. The summed E-state index contributed by atoms with van der Waals surface area (Å²) >= 11 is 0. The number of carbonyl (C=O) groups excluding carboxylic acids is 2. The van der Waals surface area contributed by atoms with Gasteiger partial charge in [-0.1, -0.05) is 0 Å². The molecule has 1 aliphatic rings. The SMILES string of the molecule is COC(=O)C1CC(=O)CCC1(O)O. The Balaban J connectivity index is 2.77. The molecule has 5 nitrogen and oxygen atoms in total. The fourth-order valence-electron chi connectivity index (χ4n) is 1.41. The van der Waals surface area contributed by atoms with Gasteiger partial charge in [0.05, 0.1) is 7.11 Å². The highest BCUT2D eigenvalue weighted by molar-refractivity contribution is 5.86. The summed E-state index contributed by atoms with van der Waals surface area (Å²) in [7, 11) is 1.15. The molecule has 0 bridgehead atoms. The second-order valence-electron chi connectivity index (χ2n) is 3.20. The number of hydrogen-bond acceptors (Lipinski definition) is 5. The van der Waals surface area contributed by atoms with E-state index in [0.717, 1.165) is 7.11 Å². The van der Waals surface area contributed by atoms with E-state index in [1.807, 2.05) is 0 Å². The second kappa shape index (κ2) is 3.43. The number of methoxy groups -OCH3 is 1. The number of aliphatic hydroxyl groups is 2. The van der Waals surface area contributed by atoms with Crippen LogP contribution >= 0.6 is 0 Å². The molecule has 1 fully saturated rings. The predicted molar refractivity (Wildman–Crippen MR) is 41.5 cm³/mol. The molecule has 0 spiro atoms. The Morgan fingerprint density at radius 3 is 2.77 bits per heavy atom. The molecular weight excluding hydrogens is 176 g/mol. The summed E-state index contributed by atoms with van der Waals surface area (Å²) < 4.78 is 4.36. The maximum Gasteiger partial charge on any atom is 0.314 e. The van der Waals surface area contributed by atoms with Gasteiger partial charge in [0.15, 0.2) is 5.79 Å². The van der Waals surface area contributed by atoms with E-state index in [0.29, 0.717) is 0 Å². The molecule has 0 heterocycles. The zero-order chi connectivity index (χ0) is 10.1. The largest absolute Gasteiger partial charge is 0.469 e. The van der Waals surface area contributed by atoms with Crippen LogP contribution in [-0.2, 0) is 14.3 Å². The minimum absolute atomic E-state index is 0.0977. The lowest BCUT2D eigenvalue weighted by molar-refractivity contribution is -0.223. The van der Waals surface area contributed by atoms with Crippen LogP contribution < -0.4 is 0 Å². The van der Waals surface area contributed by atoms with Gasteiger partial charge >= 0.3 is 5.97 Å². The molecule has 5 heteroatoms. The quantitative estimate of drug-likeness (QED) is 0.416. The normalized spacial score (nSPS) is 27.0. The van der Waals surface area contributed by atoms with E-state index in [9.17, 15) is 19.8 Å². The number of esters is 1. The highest BCUT2D eigenvalue weighted by Gasteiger charge is 2.45. The fourth-order valence-corrected chi connectivity index (χ4v) is 1.41. The van der Waals surface area contributed by atoms with Crippen molar-refractivity contribution in [3.63, 3.8) is 0 Å². The summed E-state index contributed by atoms with van der Waals surface area (Å²) in [6.07, 6.45) is -0.161. The molecule has 0 aromatic rings. The second-order valence-corrected chi connectivity index (χ2v) is 3.20. The van der Waals surface area contributed by atoms with Gasteiger partial charge in [-0.15, -0.1) is 0 Å². The van der Waals surface area contributed by atoms with Crippen LogP contribution in [0.4, 0.5) is 0 Å². The standard InChI is InChI=1S/C8H12O5/c1-13-7(10)6-4-5(9)2-3-8(6,11)12/h6,11-12H,2-4H2,1H3. The summed E-state index contributed by atoms with van der Waals surface area (Å²) in [4.78, 5) is 22.0. The van der Waals surface area contributed by atoms with Crippen molar-refractivity contribution in [2.75, 3.05) is 7.11 Å². The van der Waals surface area contributed by atoms with Crippen LogP contribution in [0, 0.1) is 5.92 Å². The Labute approximate surface area is 75.3 Å². The Morgan fingerprint density at radius 2 is 2.23 bits per heavy atom. The lowest BCUT2D eigenvalue weighted by atomic mass is 9.83. The number of hydrogen-bond donors (Lipinski definition) is 2. The highest BCUT2D eigenvalue weighted by Crippen LogP contribution is 2.30. The van der Waals surface area contributed by atoms with E-state index in [1.165, 1.54) is 0 Å². The summed E-state index contributed by atoms with van der Waals surface area (Å²) in [6.45, 7) is 0. The van der Waals surface area contributed by atoms with Crippen molar-refractivity contribution in [2.45, 2.75) is 25.0 Å². The van der Waals surface area contributed by atoms with Crippen LogP contribution in [0.2, 0.25) is 0 Å². The molecule has 0 aliphatic heterocycles. The molecule has 1 unspecified atom stereocenters. The topological polar surface area (TPSA) is 83.8 Å². The molecular formula is C8H12O5. The first-order valence-corrected chi connectivity index (χ1v) is 4.01. The molecule has 1 saturated carbocycles. The lowest BCUT2D eigenvalue weighted by Crippen LogP contribution is -2.47. The zero-order valence-electron chi connectivity index (χ0n) is 7.32. The molecule has 74 valence electrons. The van der Waals surface area contributed by atoms with Crippen molar-refractivity contribution in [3.8, 4) is 0 Å². The van der Waals surface area contributed by atoms with Gasteiger partial charge in [-0.3, -0.25) is 9.59 Å². The van der Waals surface area contributed by atoms with Crippen LogP contribution in [0.3, 0.4) is 0 Å². The molecule has 1 rings (SSSR count). The van der Waals surface area contributed by atoms with E-state index < -0.39 is 17.7 Å². The number of ether oxygens (including phenoxy) is 1. The van der Waals surface area contributed by atoms with Gasteiger partial charge in [0.1, 0.15) is 11.7 Å². The predicted octanol–water partition coefficient (Wildman–Crippen LogP) is -0.791. The molecule has 1 atom stereocenters. The maximum atomic E-state index is 11.0. The molecule has 0 aromatic heterocycles. The zero-order valence-corrected chi connectivity index (χ0v) is 7.32. The summed E-state index contributed by atoms with van der Waals surface area (Å²) in [6, 6.07) is 0. The molecule has 0 amide bonds. The highest BCUT2D eigenvalue weighted by atomic mass is 16.5. The molecule has 2 N–H and O–H groups in total. The number of rotatable bonds is 1. The average molecular weight is 188 g/mol. The fraction of sp³-hybridized carbons (Fsp3) is 0.750. The van der Waals surface area contributed by atoms with E-state index in [2.05, 4.69) is 4.74 Å². The smallest absolute Gasteiger partial charge is 0.314 e. The van der Waals surface area contributed by atoms with Crippen molar-refractivity contribution in [3.05, 3.63) is 0 Å². The first-order chi connectivity index (χ1) is 5.97. The van der Waals surface area contributed by atoms with Crippen LogP contribution in [0.15, 0.2) is 0 Å². The van der Waals surface area contributed by atoms with E-state index in [4.69, 9.17) is 0 Å².